The number of hydrogen-bond acceptors (Lipinski definition) is 2. The van der Waals surface area contributed by atoms with Crippen molar-refractivity contribution in [2.24, 2.45) is 5.92 Å². The van der Waals surface area contributed by atoms with Crippen molar-refractivity contribution in [2.45, 2.75) is 44.9 Å². The number of hydrogen-bond donors (Lipinski definition) is 1. The molecule has 3 nitrogen and oxygen atoms in total. The van der Waals surface area contributed by atoms with Crippen LogP contribution in [-0.4, -0.2) is 22.8 Å². The van der Waals surface area contributed by atoms with Crippen LogP contribution in [0.2, 0.25) is 0 Å². The molecule has 0 aromatic heterocycles. The Hall–Kier alpha value is -2.43. The second kappa shape index (κ2) is 7.06. The van der Waals surface area contributed by atoms with E-state index in [1.807, 2.05) is 26.0 Å². The minimum atomic E-state index is -1.58. The largest absolute Gasteiger partial charge is 0.491 e. The quantitative estimate of drug-likeness (QED) is 0.754. The summed E-state index contributed by atoms with van der Waals surface area (Å²) in [5, 5.41) is 8.87. The molecule has 0 saturated heterocycles. The maximum atomic E-state index is 14.2. The Morgan fingerprint density at radius 3 is 2.54 bits per heavy atom. The molecule has 26 heavy (non-hydrogen) atoms. The van der Waals surface area contributed by atoms with Gasteiger partial charge in [0.2, 0.25) is 0 Å². The van der Waals surface area contributed by atoms with E-state index in [0.29, 0.717) is 23.3 Å². The van der Waals surface area contributed by atoms with E-state index in [-0.39, 0.29) is 24.8 Å². The molecule has 1 saturated carbocycles. The third-order valence-corrected chi connectivity index (χ3v) is 4.71. The van der Waals surface area contributed by atoms with Gasteiger partial charge in [-0.15, -0.1) is 0 Å². The molecule has 0 aliphatic heterocycles. The van der Waals surface area contributed by atoms with Gasteiger partial charge in [0.15, 0.2) is 0 Å². The predicted molar refractivity (Wildman–Crippen MR) is 95.5 cm³/mol. The third-order valence-electron chi connectivity index (χ3n) is 4.71. The molecule has 138 valence electrons. The van der Waals surface area contributed by atoms with Crippen LogP contribution in [0.25, 0.3) is 11.1 Å². The first-order chi connectivity index (χ1) is 12.3. The summed E-state index contributed by atoms with van der Waals surface area (Å²) >= 11 is 0. The van der Waals surface area contributed by atoms with Crippen molar-refractivity contribution in [1.82, 2.24) is 0 Å². The highest BCUT2D eigenvalue weighted by Crippen LogP contribution is 2.50. The fourth-order valence-corrected chi connectivity index (χ4v) is 3.14. The van der Waals surface area contributed by atoms with Gasteiger partial charge in [0, 0.05) is 5.56 Å². The smallest absolute Gasteiger partial charge is 0.309 e. The zero-order chi connectivity index (χ0) is 18.9. The minimum absolute atomic E-state index is 0.000705. The molecule has 0 spiro atoms. The van der Waals surface area contributed by atoms with Crippen LogP contribution in [0, 0.1) is 11.7 Å². The maximum Gasteiger partial charge on any atom is 0.309 e. The number of aryl methyl sites for hydroxylation is 1. The van der Waals surface area contributed by atoms with Gasteiger partial charge in [-0.3, -0.25) is 4.79 Å². The molecule has 5 heteroatoms. The van der Waals surface area contributed by atoms with E-state index in [4.69, 9.17) is 9.84 Å². The highest BCUT2D eigenvalue weighted by molar-refractivity contribution is 5.75. The van der Waals surface area contributed by atoms with Gasteiger partial charge in [-0.1, -0.05) is 24.3 Å². The van der Waals surface area contributed by atoms with Crippen molar-refractivity contribution in [3.8, 4) is 16.9 Å². The number of ether oxygens (including phenoxy) is 1. The number of carbonyl (C=O) groups is 1. The van der Waals surface area contributed by atoms with Crippen molar-refractivity contribution in [2.75, 3.05) is 0 Å². The Balaban J connectivity index is 1.69. The van der Waals surface area contributed by atoms with Gasteiger partial charge < -0.3 is 9.84 Å². The van der Waals surface area contributed by atoms with Crippen LogP contribution in [0.5, 0.6) is 5.75 Å². The average Bonchev–Trinajstić information content (AvgIpc) is 3.28. The molecule has 2 atom stereocenters. The highest BCUT2D eigenvalue weighted by Gasteiger charge is 2.59. The highest BCUT2D eigenvalue weighted by atomic mass is 19.1. The van der Waals surface area contributed by atoms with E-state index < -0.39 is 17.6 Å². The lowest BCUT2D eigenvalue weighted by atomic mass is 10.00. The Morgan fingerprint density at radius 1 is 1.27 bits per heavy atom. The first kappa shape index (κ1) is 18.4. The first-order valence-corrected chi connectivity index (χ1v) is 8.76. The molecule has 1 fully saturated rings. The van der Waals surface area contributed by atoms with Crippen LogP contribution in [-0.2, 0) is 11.2 Å². The van der Waals surface area contributed by atoms with E-state index in [2.05, 4.69) is 0 Å². The van der Waals surface area contributed by atoms with E-state index in [9.17, 15) is 13.6 Å². The van der Waals surface area contributed by atoms with Gasteiger partial charge in [0.05, 0.1) is 12.0 Å². The number of alkyl halides is 1. The SMILES string of the molecule is CC(C)Oc1ccc(F)c(-c2ccc(CCC3(F)CC3C(=O)O)cc2)c1. The number of rotatable bonds is 7. The molecule has 2 aromatic rings. The summed E-state index contributed by atoms with van der Waals surface area (Å²) in [6.45, 7) is 3.81. The number of halogens is 2. The van der Waals surface area contributed by atoms with E-state index >= 15 is 0 Å². The number of aliphatic carboxylic acids is 1. The zero-order valence-electron chi connectivity index (χ0n) is 14.8. The van der Waals surface area contributed by atoms with Gasteiger partial charge in [-0.2, -0.15) is 0 Å². The molecule has 0 heterocycles. The summed E-state index contributed by atoms with van der Waals surface area (Å²) in [4.78, 5) is 10.8. The van der Waals surface area contributed by atoms with Gasteiger partial charge in [-0.05, 0) is 62.4 Å². The first-order valence-electron chi connectivity index (χ1n) is 8.76. The lowest BCUT2D eigenvalue weighted by molar-refractivity contribution is -0.139. The average molecular weight is 360 g/mol. The van der Waals surface area contributed by atoms with Gasteiger partial charge in [0.25, 0.3) is 0 Å². The van der Waals surface area contributed by atoms with Crippen LogP contribution in [0.1, 0.15) is 32.3 Å². The Morgan fingerprint density at radius 2 is 1.96 bits per heavy atom. The second-order valence-corrected chi connectivity index (χ2v) is 7.13. The maximum absolute atomic E-state index is 14.2. The van der Waals surface area contributed by atoms with E-state index in [0.717, 1.165) is 5.56 Å². The summed E-state index contributed by atoms with van der Waals surface area (Å²) in [7, 11) is 0. The van der Waals surface area contributed by atoms with Gasteiger partial charge in [0.1, 0.15) is 17.2 Å². The van der Waals surface area contributed by atoms with Crippen molar-refractivity contribution < 1.29 is 23.4 Å². The summed E-state index contributed by atoms with van der Waals surface area (Å²) < 4.78 is 34.0. The lowest BCUT2D eigenvalue weighted by Gasteiger charge is -2.12. The monoisotopic (exact) mass is 360 g/mol. The minimum Gasteiger partial charge on any atom is -0.491 e. The fourth-order valence-electron chi connectivity index (χ4n) is 3.14. The molecule has 3 rings (SSSR count). The van der Waals surface area contributed by atoms with Crippen LogP contribution in [0.4, 0.5) is 8.78 Å². The Kier molecular flexibility index (Phi) is 4.99. The molecule has 1 N–H and O–H groups in total. The standard InChI is InChI=1S/C21H22F2O3/c1-13(2)26-16-7-8-19(22)17(11-16)15-5-3-14(4-6-15)9-10-21(23)12-18(21)20(24)25/h3-8,11,13,18H,9-10,12H2,1-2H3,(H,24,25). The lowest BCUT2D eigenvalue weighted by Crippen LogP contribution is -2.12. The topological polar surface area (TPSA) is 46.5 Å². The number of benzene rings is 2. The van der Waals surface area contributed by atoms with E-state index in [1.165, 1.54) is 6.07 Å². The number of carboxylic acids is 1. The van der Waals surface area contributed by atoms with Gasteiger partial charge in [-0.25, -0.2) is 8.78 Å². The molecular formula is C21H22F2O3. The fraction of sp³-hybridized carbons (Fsp3) is 0.381. The van der Waals surface area contributed by atoms with Crippen molar-refractivity contribution in [3.05, 3.63) is 53.8 Å². The van der Waals surface area contributed by atoms with Crippen LogP contribution in [0.15, 0.2) is 42.5 Å². The van der Waals surface area contributed by atoms with Crippen LogP contribution < -0.4 is 4.74 Å². The zero-order valence-corrected chi connectivity index (χ0v) is 14.8. The molecule has 2 unspecified atom stereocenters. The summed E-state index contributed by atoms with van der Waals surface area (Å²) in [6.07, 6.45) is 0.740. The molecule has 1 aliphatic carbocycles. The van der Waals surface area contributed by atoms with Gasteiger partial charge >= 0.3 is 5.97 Å². The molecule has 1 aliphatic rings. The normalized spacial score (nSPS) is 21.7. The molecule has 0 amide bonds. The molecular weight excluding hydrogens is 338 g/mol. The summed E-state index contributed by atoms with van der Waals surface area (Å²) in [6, 6.07) is 11.9. The second-order valence-electron chi connectivity index (χ2n) is 7.13. The predicted octanol–water partition coefficient (Wildman–Crippen LogP) is 5.03. The van der Waals surface area contributed by atoms with Crippen molar-refractivity contribution in [1.29, 1.82) is 0 Å². The molecule has 0 radical (unpaired) electrons. The summed E-state index contributed by atoms with van der Waals surface area (Å²) in [5.74, 6) is -1.67. The molecule has 2 aromatic carbocycles. The number of carboxylic acid groups (broad SMARTS) is 1. The molecule has 0 bridgehead atoms. The Bertz CT molecular complexity index is 801. The van der Waals surface area contributed by atoms with E-state index in [1.54, 1.807) is 24.3 Å². The van der Waals surface area contributed by atoms with Crippen LogP contribution in [0.3, 0.4) is 0 Å². The third kappa shape index (κ3) is 4.03. The van der Waals surface area contributed by atoms with Crippen molar-refractivity contribution >= 4 is 5.97 Å². The van der Waals surface area contributed by atoms with Crippen LogP contribution >= 0.6 is 0 Å². The summed E-state index contributed by atoms with van der Waals surface area (Å²) in [5.41, 5.74) is 0.478. The Labute approximate surface area is 151 Å². The van der Waals surface area contributed by atoms with Crippen molar-refractivity contribution in [3.63, 3.8) is 0 Å².